The van der Waals surface area contributed by atoms with Crippen LogP contribution in [0.3, 0.4) is 0 Å². The van der Waals surface area contributed by atoms with Crippen LogP contribution in [-0.2, 0) is 22.6 Å². The van der Waals surface area contributed by atoms with Crippen LogP contribution in [0.25, 0.3) is 0 Å². The van der Waals surface area contributed by atoms with Crippen molar-refractivity contribution < 1.29 is 13.9 Å². The summed E-state index contributed by atoms with van der Waals surface area (Å²) in [5, 5.41) is 2.95. The van der Waals surface area contributed by atoms with Gasteiger partial charge in [0.25, 0.3) is 0 Å². The van der Waals surface area contributed by atoms with E-state index in [9.17, 15) is 4.79 Å². The zero-order chi connectivity index (χ0) is 16.4. The Morgan fingerprint density at radius 1 is 1.38 bits per heavy atom. The van der Waals surface area contributed by atoms with Gasteiger partial charge in [-0.3, -0.25) is 14.7 Å². The average molecular weight is 327 g/mol. The van der Waals surface area contributed by atoms with Crippen molar-refractivity contribution in [3.63, 3.8) is 0 Å². The number of hydrogen-bond acceptors (Lipinski definition) is 5. The lowest BCUT2D eigenvalue weighted by Gasteiger charge is -2.21. The molecular formula is C18H21N3O3. The molecule has 2 saturated heterocycles. The first-order valence-electron chi connectivity index (χ1n) is 8.38. The Hall–Kier alpha value is -2.18. The second-order valence-corrected chi connectivity index (χ2v) is 6.38. The average Bonchev–Trinajstić information content (AvgIpc) is 3.32. The number of hydrogen-bond donors (Lipinski definition) is 1. The van der Waals surface area contributed by atoms with E-state index < -0.39 is 0 Å². The van der Waals surface area contributed by atoms with Gasteiger partial charge >= 0.3 is 0 Å². The van der Waals surface area contributed by atoms with Crippen LogP contribution in [0.2, 0.25) is 0 Å². The second-order valence-electron chi connectivity index (χ2n) is 6.38. The number of pyridine rings is 1. The molecule has 2 aromatic rings. The fourth-order valence-corrected chi connectivity index (χ4v) is 3.61. The third-order valence-electron chi connectivity index (χ3n) is 4.81. The topological polar surface area (TPSA) is 67.6 Å². The van der Waals surface area contributed by atoms with Gasteiger partial charge in [-0.05, 0) is 30.2 Å². The van der Waals surface area contributed by atoms with Gasteiger partial charge in [0, 0.05) is 37.9 Å². The van der Waals surface area contributed by atoms with E-state index in [0.29, 0.717) is 12.6 Å². The number of fused-ring (bicyclic) bond motifs is 1. The minimum atomic E-state index is -0.365. The maximum Gasteiger partial charge on any atom is 0.249 e. The number of nitrogens with zero attached hydrogens (tertiary/aromatic N) is 2. The first-order chi connectivity index (χ1) is 11.8. The third-order valence-corrected chi connectivity index (χ3v) is 4.81. The van der Waals surface area contributed by atoms with E-state index in [1.54, 1.807) is 18.7 Å². The van der Waals surface area contributed by atoms with Gasteiger partial charge in [0.2, 0.25) is 5.91 Å². The lowest BCUT2D eigenvalue weighted by molar-refractivity contribution is -0.132. The summed E-state index contributed by atoms with van der Waals surface area (Å²) in [6, 6.07) is 8.00. The summed E-state index contributed by atoms with van der Waals surface area (Å²) < 4.78 is 11.4. The summed E-state index contributed by atoms with van der Waals surface area (Å²) in [4.78, 5) is 18.8. The maximum absolute atomic E-state index is 12.4. The maximum atomic E-state index is 12.4. The van der Waals surface area contributed by atoms with E-state index in [0.717, 1.165) is 37.3 Å². The molecule has 1 N–H and O–H groups in total. The molecule has 0 aliphatic carbocycles. The quantitative estimate of drug-likeness (QED) is 0.906. The third kappa shape index (κ3) is 3.20. The molecule has 0 aromatic carbocycles. The molecule has 0 spiro atoms. The molecule has 2 aromatic heterocycles. The Balaban J connectivity index is 1.31. The number of furan rings is 1. The molecule has 6 heteroatoms. The standard InChI is InChI=1S/C18H21N3O3/c22-18(20-11-13-3-1-6-19-10-13)17-9-15-16(24-17)5-7-21(15)12-14-4-2-8-23-14/h1-4,6,8,10,15-17H,5,7,9,11-12H2,(H,20,22)/t15-,16-,17+/m1/s1. The highest BCUT2D eigenvalue weighted by molar-refractivity contribution is 5.81. The number of amides is 1. The van der Waals surface area contributed by atoms with E-state index in [1.807, 2.05) is 24.3 Å². The SMILES string of the molecule is O=C(NCc1cccnc1)[C@@H]1C[C@@H]2[C@@H](CCN2Cc2ccco2)O1. The lowest BCUT2D eigenvalue weighted by Crippen LogP contribution is -2.36. The minimum Gasteiger partial charge on any atom is -0.468 e. The number of likely N-dealkylation sites (tertiary alicyclic amines) is 1. The number of nitrogens with one attached hydrogen (secondary N) is 1. The predicted molar refractivity (Wildman–Crippen MR) is 86.9 cm³/mol. The molecule has 2 fully saturated rings. The van der Waals surface area contributed by atoms with Crippen molar-refractivity contribution in [3.05, 3.63) is 54.2 Å². The van der Waals surface area contributed by atoms with Gasteiger partial charge in [0.15, 0.2) is 0 Å². The molecule has 3 atom stereocenters. The van der Waals surface area contributed by atoms with Crippen LogP contribution < -0.4 is 5.32 Å². The van der Waals surface area contributed by atoms with E-state index in [-0.39, 0.29) is 18.1 Å². The number of aromatic nitrogens is 1. The van der Waals surface area contributed by atoms with Crippen molar-refractivity contribution in [2.45, 2.75) is 44.2 Å². The van der Waals surface area contributed by atoms with E-state index in [2.05, 4.69) is 15.2 Å². The molecule has 126 valence electrons. The predicted octanol–water partition coefficient (Wildman–Crippen LogP) is 1.72. The summed E-state index contributed by atoms with van der Waals surface area (Å²) in [6.07, 6.45) is 6.67. The van der Waals surface area contributed by atoms with E-state index in [1.165, 1.54) is 0 Å². The molecule has 2 aliphatic heterocycles. The van der Waals surface area contributed by atoms with Gasteiger partial charge in [-0.2, -0.15) is 0 Å². The Bertz CT molecular complexity index is 674. The largest absolute Gasteiger partial charge is 0.468 e. The van der Waals surface area contributed by atoms with Crippen molar-refractivity contribution in [2.24, 2.45) is 0 Å². The Morgan fingerprint density at radius 2 is 2.33 bits per heavy atom. The van der Waals surface area contributed by atoms with Gasteiger partial charge in [-0.25, -0.2) is 0 Å². The van der Waals surface area contributed by atoms with Crippen molar-refractivity contribution in [3.8, 4) is 0 Å². The molecule has 6 nitrogen and oxygen atoms in total. The lowest BCUT2D eigenvalue weighted by atomic mass is 10.1. The van der Waals surface area contributed by atoms with Crippen LogP contribution in [-0.4, -0.2) is 40.6 Å². The molecule has 4 heterocycles. The molecular weight excluding hydrogens is 306 g/mol. The molecule has 4 rings (SSSR count). The van der Waals surface area contributed by atoms with Gasteiger partial charge < -0.3 is 14.5 Å². The van der Waals surface area contributed by atoms with E-state index >= 15 is 0 Å². The second kappa shape index (κ2) is 6.75. The number of carbonyl (C=O) groups excluding carboxylic acids is 1. The molecule has 1 amide bonds. The fourth-order valence-electron chi connectivity index (χ4n) is 3.61. The van der Waals surface area contributed by atoms with Crippen molar-refractivity contribution in [1.82, 2.24) is 15.2 Å². The summed E-state index contributed by atoms with van der Waals surface area (Å²) in [7, 11) is 0. The van der Waals surface area contributed by atoms with Crippen LogP contribution in [0.15, 0.2) is 47.3 Å². The minimum absolute atomic E-state index is 0.0359. The summed E-state index contributed by atoms with van der Waals surface area (Å²) >= 11 is 0. The van der Waals surface area contributed by atoms with Crippen LogP contribution >= 0.6 is 0 Å². The monoisotopic (exact) mass is 327 g/mol. The van der Waals surface area contributed by atoms with Crippen LogP contribution in [0.1, 0.15) is 24.2 Å². The summed E-state index contributed by atoms with van der Waals surface area (Å²) in [6.45, 7) is 2.25. The van der Waals surface area contributed by atoms with Crippen LogP contribution in [0.5, 0.6) is 0 Å². The molecule has 0 unspecified atom stereocenters. The van der Waals surface area contributed by atoms with Gasteiger partial charge in [0.05, 0.1) is 18.9 Å². The summed E-state index contributed by atoms with van der Waals surface area (Å²) in [5.41, 5.74) is 0.989. The van der Waals surface area contributed by atoms with Crippen molar-refractivity contribution >= 4 is 5.91 Å². The first kappa shape index (κ1) is 15.4. The smallest absolute Gasteiger partial charge is 0.249 e. The van der Waals surface area contributed by atoms with Gasteiger partial charge in [0.1, 0.15) is 11.9 Å². The number of carbonyl (C=O) groups is 1. The zero-order valence-corrected chi connectivity index (χ0v) is 13.4. The highest BCUT2D eigenvalue weighted by Gasteiger charge is 2.45. The van der Waals surface area contributed by atoms with Gasteiger partial charge in [-0.15, -0.1) is 0 Å². The summed E-state index contributed by atoms with van der Waals surface area (Å²) in [5.74, 6) is 0.923. The Morgan fingerprint density at radius 3 is 3.12 bits per heavy atom. The zero-order valence-electron chi connectivity index (χ0n) is 13.4. The van der Waals surface area contributed by atoms with Crippen molar-refractivity contribution in [2.75, 3.05) is 6.54 Å². The molecule has 24 heavy (non-hydrogen) atoms. The highest BCUT2D eigenvalue weighted by Crippen LogP contribution is 2.34. The molecule has 0 radical (unpaired) electrons. The number of ether oxygens (including phenoxy) is 1. The van der Waals surface area contributed by atoms with Crippen LogP contribution in [0.4, 0.5) is 0 Å². The van der Waals surface area contributed by atoms with Crippen molar-refractivity contribution in [1.29, 1.82) is 0 Å². The number of rotatable bonds is 5. The van der Waals surface area contributed by atoms with E-state index in [4.69, 9.17) is 9.15 Å². The van der Waals surface area contributed by atoms with Crippen LogP contribution in [0, 0.1) is 0 Å². The normalized spacial score (nSPS) is 26.4. The Labute approximate surface area is 140 Å². The first-order valence-corrected chi connectivity index (χ1v) is 8.38. The Kier molecular flexibility index (Phi) is 4.32. The van der Waals surface area contributed by atoms with Gasteiger partial charge in [-0.1, -0.05) is 6.07 Å². The highest BCUT2D eigenvalue weighted by atomic mass is 16.5. The molecule has 0 bridgehead atoms. The molecule has 2 aliphatic rings. The fraction of sp³-hybridized carbons (Fsp3) is 0.444. The molecule has 0 saturated carbocycles.